The standard InChI is InChI=1S/C16H23F6NO8S2/c1-3-13(2,9-24)12(26)8-11(25)10-4-6-23(7-5-10)32(27,28)15(19,20)14(17,18)16(21,22)33(29,30)31/h8,10,24-25H,3-7,9H2,1-2H3,(H,29,30,31)/b11-8-. The lowest BCUT2D eigenvalue weighted by Gasteiger charge is -2.36. The summed E-state index contributed by atoms with van der Waals surface area (Å²) in [5.41, 5.74) is -1.23. The van der Waals surface area contributed by atoms with Crippen molar-refractivity contribution in [2.24, 2.45) is 11.3 Å². The van der Waals surface area contributed by atoms with Crippen molar-refractivity contribution in [1.29, 1.82) is 0 Å². The van der Waals surface area contributed by atoms with Crippen molar-refractivity contribution in [1.82, 2.24) is 4.31 Å². The Morgan fingerprint density at radius 3 is 1.85 bits per heavy atom. The van der Waals surface area contributed by atoms with Gasteiger partial charge in [0.25, 0.3) is 10.0 Å². The summed E-state index contributed by atoms with van der Waals surface area (Å²) in [5.74, 6) is -9.28. The van der Waals surface area contributed by atoms with Crippen molar-refractivity contribution in [3.05, 3.63) is 11.8 Å². The van der Waals surface area contributed by atoms with Crippen LogP contribution in [-0.2, 0) is 24.9 Å². The minimum atomic E-state index is -7.12. The number of nitrogens with zero attached hydrogens (tertiary/aromatic N) is 1. The number of carbonyl (C=O) groups is 1. The van der Waals surface area contributed by atoms with E-state index in [2.05, 4.69) is 0 Å². The Kier molecular flexibility index (Phi) is 8.36. The topological polar surface area (TPSA) is 149 Å². The van der Waals surface area contributed by atoms with Gasteiger partial charge in [0.1, 0.15) is 0 Å². The molecule has 1 aliphatic rings. The van der Waals surface area contributed by atoms with E-state index in [4.69, 9.17) is 4.55 Å². The molecule has 1 fully saturated rings. The van der Waals surface area contributed by atoms with E-state index in [9.17, 15) is 58.2 Å². The first-order valence-corrected chi connectivity index (χ1v) is 12.2. The fraction of sp³-hybridized carbons (Fsp3) is 0.812. The number of sulfonamides is 1. The molecule has 0 amide bonds. The normalized spacial score (nSPS) is 20.5. The van der Waals surface area contributed by atoms with E-state index in [1.165, 1.54) is 6.92 Å². The highest BCUT2D eigenvalue weighted by atomic mass is 32.2. The van der Waals surface area contributed by atoms with Crippen LogP contribution in [0.1, 0.15) is 33.1 Å². The van der Waals surface area contributed by atoms with Crippen LogP contribution in [-0.4, -0.2) is 77.8 Å². The van der Waals surface area contributed by atoms with E-state index in [1.54, 1.807) is 6.92 Å². The van der Waals surface area contributed by atoms with Crippen LogP contribution < -0.4 is 0 Å². The van der Waals surface area contributed by atoms with Gasteiger partial charge in [0.2, 0.25) is 0 Å². The maximum absolute atomic E-state index is 14.1. The molecule has 0 aromatic rings. The molecule has 0 saturated carbocycles. The van der Waals surface area contributed by atoms with Gasteiger partial charge in [-0.25, -0.2) is 8.42 Å². The largest absolute Gasteiger partial charge is 0.512 e. The molecule has 0 aromatic carbocycles. The van der Waals surface area contributed by atoms with E-state index in [0.717, 1.165) is 6.08 Å². The minimum Gasteiger partial charge on any atom is -0.512 e. The van der Waals surface area contributed by atoms with Crippen molar-refractivity contribution in [2.45, 2.75) is 49.5 Å². The molecule has 33 heavy (non-hydrogen) atoms. The summed E-state index contributed by atoms with van der Waals surface area (Å²) >= 11 is 0. The number of aliphatic hydroxyl groups is 2. The van der Waals surface area contributed by atoms with Gasteiger partial charge in [-0.15, -0.1) is 0 Å². The van der Waals surface area contributed by atoms with Gasteiger partial charge in [0, 0.05) is 25.1 Å². The van der Waals surface area contributed by atoms with Gasteiger partial charge >= 0.3 is 26.5 Å². The Bertz CT molecular complexity index is 984. The fourth-order valence-electron chi connectivity index (χ4n) is 2.84. The lowest BCUT2D eigenvalue weighted by molar-refractivity contribution is -0.247. The molecule has 0 radical (unpaired) electrons. The van der Waals surface area contributed by atoms with Gasteiger partial charge in [-0.05, 0) is 19.3 Å². The van der Waals surface area contributed by atoms with Crippen LogP contribution in [0.15, 0.2) is 11.8 Å². The van der Waals surface area contributed by atoms with Crippen molar-refractivity contribution >= 4 is 25.9 Å². The molecule has 1 saturated heterocycles. The third-order valence-electron chi connectivity index (χ3n) is 5.59. The molecular formula is C16H23F6NO8S2. The quantitative estimate of drug-likeness (QED) is 0.167. The molecule has 1 heterocycles. The highest BCUT2D eigenvalue weighted by molar-refractivity contribution is 7.90. The Balaban J connectivity index is 3.12. The Morgan fingerprint density at radius 2 is 1.48 bits per heavy atom. The summed E-state index contributed by atoms with van der Waals surface area (Å²) in [5, 5.41) is 5.95. The van der Waals surface area contributed by atoms with Gasteiger partial charge in [0.15, 0.2) is 5.78 Å². The molecule has 3 N–H and O–H groups in total. The second-order valence-electron chi connectivity index (χ2n) is 7.77. The SMILES string of the molecule is CCC(C)(CO)C(=O)/C=C(\O)C1CCN(S(=O)(=O)C(F)(F)C(F)(F)C(F)(F)S(=O)(=O)O)CC1. The Hall–Kier alpha value is -1.43. The molecule has 17 heteroatoms. The number of carbonyl (C=O) groups excluding carboxylic acids is 1. The minimum absolute atomic E-state index is 0.195. The third-order valence-corrected chi connectivity index (χ3v) is 8.45. The second-order valence-corrected chi connectivity index (χ2v) is 11.2. The number of hydrogen-bond acceptors (Lipinski definition) is 7. The van der Waals surface area contributed by atoms with Gasteiger partial charge < -0.3 is 10.2 Å². The summed E-state index contributed by atoms with van der Waals surface area (Å²) < 4.78 is 135. The molecular weight excluding hydrogens is 512 g/mol. The van der Waals surface area contributed by atoms with E-state index in [0.29, 0.717) is 0 Å². The van der Waals surface area contributed by atoms with Crippen molar-refractivity contribution in [2.75, 3.05) is 19.7 Å². The van der Waals surface area contributed by atoms with Crippen LogP contribution in [0.25, 0.3) is 0 Å². The molecule has 1 rings (SSSR count). The summed E-state index contributed by atoms with van der Waals surface area (Å²) in [7, 11) is -13.7. The molecule has 1 aliphatic heterocycles. The highest BCUT2D eigenvalue weighted by Gasteiger charge is 2.82. The second kappa shape index (κ2) is 9.31. The molecule has 194 valence electrons. The van der Waals surface area contributed by atoms with Crippen molar-refractivity contribution < 1.29 is 62.7 Å². The monoisotopic (exact) mass is 535 g/mol. The van der Waals surface area contributed by atoms with Crippen LogP contribution in [0.2, 0.25) is 0 Å². The van der Waals surface area contributed by atoms with Gasteiger partial charge in [-0.1, -0.05) is 13.8 Å². The fourth-order valence-corrected chi connectivity index (χ4v) is 4.82. The van der Waals surface area contributed by atoms with Gasteiger partial charge in [-0.2, -0.15) is 39.1 Å². The van der Waals surface area contributed by atoms with Crippen LogP contribution in [0.4, 0.5) is 26.3 Å². The number of hydrogen-bond donors (Lipinski definition) is 3. The molecule has 0 spiro atoms. The summed E-state index contributed by atoms with van der Waals surface area (Å²) in [6, 6.07) is 0. The number of rotatable bonds is 10. The molecule has 9 nitrogen and oxygen atoms in total. The summed E-state index contributed by atoms with van der Waals surface area (Å²) in [4.78, 5) is 12.2. The van der Waals surface area contributed by atoms with Crippen LogP contribution in [0.5, 0.6) is 0 Å². The predicted octanol–water partition coefficient (Wildman–Crippen LogP) is 2.16. The maximum atomic E-state index is 14.1. The van der Waals surface area contributed by atoms with Gasteiger partial charge in [-0.3, -0.25) is 9.35 Å². The van der Waals surface area contributed by atoms with E-state index in [1.807, 2.05) is 0 Å². The number of ketones is 1. The predicted molar refractivity (Wildman–Crippen MR) is 101 cm³/mol. The summed E-state index contributed by atoms with van der Waals surface area (Å²) in [6.45, 7) is 0.504. The average molecular weight is 535 g/mol. The number of aliphatic hydroxyl groups excluding tert-OH is 2. The first-order chi connectivity index (χ1) is 14.6. The van der Waals surface area contributed by atoms with Crippen LogP contribution in [0, 0.1) is 11.3 Å². The molecule has 0 aliphatic carbocycles. The molecule has 1 atom stereocenters. The number of halogens is 6. The first-order valence-electron chi connectivity index (χ1n) is 9.30. The van der Waals surface area contributed by atoms with Crippen molar-refractivity contribution in [3.8, 4) is 0 Å². The smallest absolute Gasteiger partial charge is 0.439 e. The molecule has 0 aromatic heterocycles. The van der Waals surface area contributed by atoms with Crippen LogP contribution in [0.3, 0.4) is 0 Å². The first kappa shape index (κ1) is 29.6. The van der Waals surface area contributed by atoms with Crippen LogP contribution >= 0.6 is 0 Å². The zero-order valence-electron chi connectivity index (χ0n) is 17.3. The zero-order valence-corrected chi connectivity index (χ0v) is 18.9. The number of allylic oxidation sites excluding steroid dienone is 2. The Morgan fingerprint density at radius 1 is 1.03 bits per heavy atom. The maximum Gasteiger partial charge on any atom is 0.439 e. The van der Waals surface area contributed by atoms with E-state index in [-0.39, 0.29) is 10.7 Å². The molecule has 0 bridgehead atoms. The molecule has 1 unspecified atom stereocenters. The number of piperidine rings is 1. The highest BCUT2D eigenvalue weighted by Crippen LogP contribution is 2.51. The van der Waals surface area contributed by atoms with E-state index < -0.39 is 92.0 Å². The lowest BCUT2D eigenvalue weighted by atomic mass is 9.82. The zero-order chi connectivity index (χ0) is 26.3. The van der Waals surface area contributed by atoms with Crippen molar-refractivity contribution in [3.63, 3.8) is 0 Å². The van der Waals surface area contributed by atoms with E-state index >= 15 is 0 Å². The third kappa shape index (κ3) is 5.01. The number of alkyl halides is 6. The van der Waals surface area contributed by atoms with Gasteiger partial charge in [0.05, 0.1) is 17.8 Å². The summed E-state index contributed by atoms with van der Waals surface area (Å²) in [6.07, 6.45) is 0.00452. The Labute approximate surface area is 185 Å². The average Bonchev–Trinajstić information content (AvgIpc) is 2.71. The lowest BCUT2D eigenvalue weighted by Crippen LogP contribution is -2.63.